The maximum Gasteiger partial charge on any atom is 0.309 e. The second-order valence-electron chi connectivity index (χ2n) is 10.2. The summed E-state index contributed by atoms with van der Waals surface area (Å²) in [6.45, 7) is 2.59. The number of benzene rings is 3. The molecule has 2 aliphatic rings. The summed E-state index contributed by atoms with van der Waals surface area (Å²) in [5.41, 5.74) is 2.25. The van der Waals surface area contributed by atoms with Gasteiger partial charge < -0.3 is 24.6 Å². The molecular weight excluding hydrogens is 532 g/mol. The van der Waals surface area contributed by atoms with Crippen LogP contribution in [0.2, 0.25) is 5.02 Å². The molecule has 5 rings (SSSR count). The van der Waals surface area contributed by atoms with Crippen LogP contribution in [-0.4, -0.2) is 48.4 Å². The van der Waals surface area contributed by atoms with Crippen LogP contribution < -0.4 is 19.5 Å². The van der Waals surface area contributed by atoms with E-state index in [2.05, 4.69) is 17.1 Å². The second-order valence-corrected chi connectivity index (χ2v) is 10.6. The molecule has 40 heavy (non-hydrogen) atoms. The second kappa shape index (κ2) is 12.2. The molecule has 0 radical (unpaired) electrons. The van der Waals surface area contributed by atoms with E-state index in [0.717, 1.165) is 24.0 Å². The Bertz CT molecular complexity index is 1360. The Kier molecular flexibility index (Phi) is 8.47. The maximum atomic E-state index is 13.9. The first-order chi connectivity index (χ1) is 19.4. The van der Waals surface area contributed by atoms with Gasteiger partial charge in [0.2, 0.25) is 12.7 Å². The highest BCUT2D eigenvalue weighted by atomic mass is 35.5. The molecule has 1 saturated heterocycles. The van der Waals surface area contributed by atoms with Gasteiger partial charge in [0, 0.05) is 29.2 Å². The fourth-order valence-electron chi connectivity index (χ4n) is 5.80. The van der Waals surface area contributed by atoms with Gasteiger partial charge in [-0.05, 0) is 60.0 Å². The summed E-state index contributed by atoms with van der Waals surface area (Å²) in [5, 5.41) is 14.2. The van der Waals surface area contributed by atoms with Crippen LogP contribution in [0.1, 0.15) is 49.3 Å². The molecule has 210 valence electrons. The van der Waals surface area contributed by atoms with Crippen molar-refractivity contribution in [3.8, 4) is 17.2 Å². The van der Waals surface area contributed by atoms with Crippen LogP contribution in [0.3, 0.4) is 0 Å². The van der Waals surface area contributed by atoms with Crippen molar-refractivity contribution in [3.63, 3.8) is 0 Å². The Labute approximate surface area is 238 Å². The highest BCUT2D eigenvalue weighted by Gasteiger charge is 2.50. The van der Waals surface area contributed by atoms with Gasteiger partial charge in [-0.1, -0.05) is 55.6 Å². The Hall–Kier alpha value is -3.75. The number of methoxy groups -OCH3 is 1. The third kappa shape index (κ3) is 5.74. The lowest BCUT2D eigenvalue weighted by Crippen LogP contribution is -2.45. The molecule has 8 nitrogen and oxygen atoms in total. The molecule has 2 aliphatic heterocycles. The summed E-state index contributed by atoms with van der Waals surface area (Å²) in [6.07, 6.45) is 2.29. The van der Waals surface area contributed by atoms with E-state index in [-0.39, 0.29) is 18.6 Å². The van der Waals surface area contributed by atoms with Crippen LogP contribution >= 0.6 is 11.6 Å². The number of carboxylic acids is 1. The molecule has 2 heterocycles. The number of likely N-dealkylation sites (tertiary alicyclic amines) is 1. The van der Waals surface area contributed by atoms with Gasteiger partial charge in [0.15, 0.2) is 11.5 Å². The number of carbonyl (C=O) groups excluding carboxylic acids is 1. The van der Waals surface area contributed by atoms with Crippen LogP contribution in [0.5, 0.6) is 17.2 Å². The van der Waals surface area contributed by atoms with Gasteiger partial charge in [0.05, 0.1) is 19.1 Å². The summed E-state index contributed by atoms with van der Waals surface area (Å²) in [4.78, 5) is 28.9. The molecule has 3 aromatic carbocycles. The number of amides is 1. The van der Waals surface area contributed by atoms with Gasteiger partial charge in [-0.15, -0.1) is 0 Å². The molecule has 0 spiro atoms. The Morgan fingerprint density at radius 3 is 2.52 bits per heavy atom. The molecule has 0 bridgehead atoms. The van der Waals surface area contributed by atoms with Crippen molar-refractivity contribution >= 4 is 29.2 Å². The van der Waals surface area contributed by atoms with Crippen molar-refractivity contribution < 1.29 is 28.9 Å². The predicted octanol–water partition coefficient (Wildman–Crippen LogP) is 6.12. The monoisotopic (exact) mass is 564 g/mol. The number of aliphatic carboxylic acids is 1. The first-order valence-corrected chi connectivity index (χ1v) is 13.9. The van der Waals surface area contributed by atoms with Gasteiger partial charge in [0.25, 0.3) is 0 Å². The van der Waals surface area contributed by atoms with Crippen LogP contribution in [0.4, 0.5) is 5.69 Å². The molecule has 0 aromatic heterocycles. The molecule has 3 aromatic rings. The summed E-state index contributed by atoms with van der Waals surface area (Å²) in [6, 6.07) is 18.9. The zero-order chi connectivity index (χ0) is 28.2. The first-order valence-electron chi connectivity index (χ1n) is 13.5. The fraction of sp³-hybridized carbons (Fsp3) is 0.355. The predicted molar refractivity (Wildman–Crippen MR) is 152 cm³/mol. The van der Waals surface area contributed by atoms with E-state index >= 15 is 0 Å². The molecule has 4 unspecified atom stereocenters. The Morgan fingerprint density at radius 2 is 1.82 bits per heavy atom. The van der Waals surface area contributed by atoms with Crippen molar-refractivity contribution in [2.75, 3.05) is 25.8 Å². The zero-order valence-corrected chi connectivity index (χ0v) is 23.3. The number of ether oxygens (including phenoxy) is 3. The van der Waals surface area contributed by atoms with Crippen LogP contribution in [-0.2, 0) is 9.59 Å². The minimum Gasteiger partial charge on any atom is -0.497 e. The zero-order valence-electron chi connectivity index (χ0n) is 22.5. The van der Waals surface area contributed by atoms with Crippen molar-refractivity contribution in [1.29, 1.82) is 0 Å². The minimum absolute atomic E-state index is 0.134. The molecule has 0 saturated carbocycles. The number of hydrogen-bond donors (Lipinski definition) is 2. The lowest BCUT2D eigenvalue weighted by molar-refractivity contribution is -0.143. The lowest BCUT2D eigenvalue weighted by Gasteiger charge is -2.33. The normalized spacial score (nSPS) is 20.7. The summed E-state index contributed by atoms with van der Waals surface area (Å²) < 4.78 is 16.4. The van der Waals surface area contributed by atoms with E-state index in [4.69, 9.17) is 25.8 Å². The highest BCUT2D eigenvalue weighted by Crippen LogP contribution is 2.49. The van der Waals surface area contributed by atoms with Crippen molar-refractivity contribution in [2.45, 2.75) is 44.2 Å². The van der Waals surface area contributed by atoms with Gasteiger partial charge in [-0.2, -0.15) is 0 Å². The Morgan fingerprint density at radius 1 is 1.07 bits per heavy atom. The number of anilines is 1. The van der Waals surface area contributed by atoms with Gasteiger partial charge >= 0.3 is 5.97 Å². The van der Waals surface area contributed by atoms with Gasteiger partial charge in [-0.25, -0.2) is 0 Å². The average molecular weight is 565 g/mol. The summed E-state index contributed by atoms with van der Waals surface area (Å²) in [7, 11) is 1.59. The van der Waals surface area contributed by atoms with Crippen molar-refractivity contribution in [1.82, 2.24) is 4.90 Å². The van der Waals surface area contributed by atoms with Gasteiger partial charge in [0.1, 0.15) is 5.75 Å². The molecule has 0 aliphatic carbocycles. The van der Waals surface area contributed by atoms with E-state index in [9.17, 15) is 14.7 Å². The summed E-state index contributed by atoms with van der Waals surface area (Å²) in [5.74, 6) is -0.394. The number of halogens is 1. The number of fused-ring (bicyclic) bond motifs is 1. The Balaban J connectivity index is 1.56. The van der Waals surface area contributed by atoms with Crippen LogP contribution in [0.15, 0.2) is 66.7 Å². The molecular formula is C31H33ClN2O6. The standard InChI is InChI=1S/C31H33ClN2O6/c1-3-4-8-25(30(35)33-22-7-5-6-21(32)16-22)34-17-24(20-11-14-26-27(15-20)40-18-39-26)28(31(36)37)29(34)19-9-12-23(38-2)13-10-19/h5-7,9-16,24-25,28-29H,3-4,8,17-18H2,1-2H3,(H,33,35)(H,36,37). The largest absolute Gasteiger partial charge is 0.497 e. The minimum atomic E-state index is -0.921. The van der Waals surface area contributed by atoms with Crippen LogP contribution in [0.25, 0.3) is 0 Å². The number of carboxylic acid groups (broad SMARTS) is 1. The van der Waals surface area contributed by atoms with E-state index < -0.39 is 24.0 Å². The molecule has 9 heteroatoms. The van der Waals surface area contributed by atoms with Crippen molar-refractivity contribution in [3.05, 3.63) is 82.9 Å². The number of rotatable bonds is 10. The average Bonchev–Trinajstić information content (AvgIpc) is 3.58. The van der Waals surface area contributed by atoms with E-state index in [0.29, 0.717) is 40.9 Å². The van der Waals surface area contributed by atoms with E-state index in [1.807, 2.05) is 42.5 Å². The van der Waals surface area contributed by atoms with Gasteiger partial charge in [-0.3, -0.25) is 14.5 Å². The number of carbonyl (C=O) groups is 2. The quantitative estimate of drug-likeness (QED) is 0.306. The van der Waals surface area contributed by atoms with E-state index in [1.54, 1.807) is 31.4 Å². The smallest absolute Gasteiger partial charge is 0.309 e. The third-order valence-electron chi connectivity index (χ3n) is 7.73. The number of nitrogens with zero attached hydrogens (tertiary/aromatic N) is 1. The molecule has 4 atom stereocenters. The lowest BCUT2D eigenvalue weighted by atomic mass is 9.82. The summed E-state index contributed by atoms with van der Waals surface area (Å²) >= 11 is 6.17. The molecule has 1 amide bonds. The SMILES string of the molecule is CCCCC(C(=O)Nc1cccc(Cl)c1)N1CC(c2ccc3c(c2)OCO3)C(C(=O)O)C1c1ccc(OC)cc1. The molecule has 1 fully saturated rings. The van der Waals surface area contributed by atoms with Crippen LogP contribution in [0, 0.1) is 5.92 Å². The fourth-order valence-corrected chi connectivity index (χ4v) is 5.99. The maximum absolute atomic E-state index is 13.9. The van der Waals surface area contributed by atoms with Crippen molar-refractivity contribution in [2.24, 2.45) is 5.92 Å². The third-order valence-corrected chi connectivity index (χ3v) is 7.97. The topological polar surface area (TPSA) is 97.3 Å². The number of nitrogens with one attached hydrogen (secondary N) is 1. The number of unbranched alkanes of at least 4 members (excludes halogenated alkanes) is 1. The number of hydrogen-bond acceptors (Lipinski definition) is 6. The first kappa shape index (κ1) is 27.8. The highest BCUT2D eigenvalue weighted by molar-refractivity contribution is 6.30. The molecule has 2 N–H and O–H groups in total. The van der Waals surface area contributed by atoms with E-state index in [1.165, 1.54) is 0 Å².